The van der Waals surface area contributed by atoms with Crippen molar-refractivity contribution in [3.05, 3.63) is 29.8 Å². The molecule has 0 atom stereocenters. The number of hydrogen-bond acceptors (Lipinski definition) is 4. The Kier molecular flexibility index (Phi) is 5.56. The Labute approximate surface area is 135 Å². The quantitative estimate of drug-likeness (QED) is 0.855. The number of carbonyl (C=O) groups is 3. The lowest BCUT2D eigenvalue weighted by atomic mass is 10.2. The highest BCUT2D eigenvalue weighted by Gasteiger charge is 2.22. The van der Waals surface area contributed by atoms with E-state index in [1.807, 2.05) is 0 Å². The first-order valence-electron chi connectivity index (χ1n) is 7.47. The summed E-state index contributed by atoms with van der Waals surface area (Å²) >= 11 is 0. The summed E-state index contributed by atoms with van der Waals surface area (Å²) in [5, 5.41) is 2.62. The van der Waals surface area contributed by atoms with Gasteiger partial charge in [0.1, 0.15) is 5.75 Å². The van der Waals surface area contributed by atoms with Crippen molar-refractivity contribution in [1.82, 2.24) is 15.1 Å². The molecule has 0 spiro atoms. The number of hydrogen-bond donors (Lipinski definition) is 1. The van der Waals surface area contributed by atoms with Gasteiger partial charge in [-0.15, -0.1) is 0 Å². The second kappa shape index (κ2) is 7.62. The molecule has 0 unspecified atom stereocenters. The van der Waals surface area contributed by atoms with E-state index >= 15 is 0 Å². The summed E-state index contributed by atoms with van der Waals surface area (Å²) in [7, 11) is 1.53. The Hall–Kier alpha value is -2.57. The Bertz CT molecular complexity index is 595. The minimum atomic E-state index is -0.320. The molecule has 124 valence electrons. The van der Waals surface area contributed by atoms with Gasteiger partial charge in [0.2, 0.25) is 11.8 Å². The summed E-state index contributed by atoms with van der Waals surface area (Å²) in [6, 6.07) is 6.74. The summed E-state index contributed by atoms with van der Waals surface area (Å²) in [6.45, 7) is 3.51. The van der Waals surface area contributed by atoms with E-state index in [0.717, 1.165) is 0 Å². The third-order valence-electron chi connectivity index (χ3n) is 3.81. The number of ether oxygens (including phenoxy) is 1. The lowest BCUT2D eigenvalue weighted by Crippen LogP contribution is -2.52. The zero-order valence-corrected chi connectivity index (χ0v) is 13.4. The van der Waals surface area contributed by atoms with Crippen molar-refractivity contribution in [3.63, 3.8) is 0 Å². The zero-order chi connectivity index (χ0) is 16.8. The first kappa shape index (κ1) is 16.8. The van der Waals surface area contributed by atoms with Crippen LogP contribution in [0, 0.1) is 0 Å². The van der Waals surface area contributed by atoms with Crippen LogP contribution in [-0.2, 0) is 9.59 Å². The van der Waals surface area contributed by atoms with E-state index in [9.17, 15) is 14.4 Å². The van der Waals surface area contributed by atoms with Gasteiger partial charge in [-0.25, -0.2) is 0 Å². The number of methoxy groups -OCH3 is 1. The van der Waals surface area contributed by atoms with E-state index < -0.39 is 0 Å². The molecule has 0 bridgehead atoms. The average molecular weight is 319 g/mol. The van der Waals surface area contributed by atoms with Crippen LogP contribution in [0.5, 0.6) is 5.75 Å². The predicted octanol–water partition coefficient (Wildman–Crippen LogP) is 0.116. The van der Waals surface area contributed by atoms with Crippen LogP contribution >= 0.6 is 0 Å². The van der Waals surface area contributed by atoms with Gasteiger partial charge in [0.25, 0.3) is 5.91 Å². The van der Waals surface area contributed by atoms with Crippen LogP contribution in [-0.4, -0.2) is 67.4 Å². The highest BCUT2D eigenvalue weighted by atomic mass is 16.5. The van der Waals surface area contributed by atoms with Crippen LogP contribution in [0.1, 0.15) is 17.3 Å². The van der Waals surface area contributed by atoms with E-state index in [2.05, 4.69) is 5.32 Å². The minimum absolute atomic E-state index is 0.0171. The molecule has 0 saturated carbocycles. The number of nitrogens with zero attached hydrogens (tertiary/aromatic N) is 2. The van der Waals surface area contributed by atoms with Gasteiger partial charge in [-0.2, -0.15) is 0 Å². The first-order chi connectivity index (χ1) is 11.0. The molecule has 3 amide bonds. The van der Waals surface area contributed by atoms with Crippen molar-refractivity contribution in [2.45, 2.75) is 6.92 Å². The second-order valence-corrected chi connectivity index (χ2v) is 5.30. The number of benzene rings is 1. The van der Waals surface area contributed by atoms with Crippen LogP contribution in [0.2, 0.25) is 0 Å². The molecule has 7 heteroatoms. The molecule has 1 saturated heterocycles. The van der Waals surface area contributed by atoms with Crippen molar-refractivity contribution in [2.75, 3.05) is 39.8 Å². The fraction of sp³-hybridized carbons (Fsp3) is 0.438. The monoisotopic (exact) mass is 319 g/mol. The molecule has 0 radical (unpaired) electrons. The molecule has 0 aromatic heterocycles. The van der Waals surface area contributed by atoms with Crippen LogP contribution in [0.15, 0.2) is 24.3 Å². The molecule has 1 aliphatic rings. The Morgan fingerprint density at radius 2 is 1.78 bits per heavy atom. The minimum Gasteiger partial charge on any atom is -0.497 e. The lowest BCUT2D eigenvalue weighted by Gasteiger charge is -2.34. The third kappa shape index (κ3) is 4.45. The highest BCUT2D eigenvalue weighted by molar-refractivity contribution is 5.96. The van der Waals surface area contributed by atoms with Gasteiger partial charge in [-0.3, -0.25) is 14.4 Å². The number of carbonyl (C=O) groups excluding carboxylic acids is 3. The van der Waals surface area contributed by atoms with Crippen LogP contribution < -0.4 is 10.1 Å². The summed E-state index contributed by atoms with van der Waals surface area (Å²) in [5.74, 6) is 0.136. The van der Waals surface area contributed by atoms with Crippen LogP contribution in [0.25, 0.3) is 0 Å². The number of nitrogens with one attached hydrogen (secondary N) is 1. The Morgan fingerprint density at radius 1 is 1.13 bits per heavy atom. The molecule has 0 aliphatic carbocycles. The molecule has 1 heterocycles. The van der Waals surface area contributed by atoms with Crippen molar-refractivity contribution < 1.29 is 19.1 Å². The fourth-order valence-electron chi connectivity index (χ4n) is 2.40. The van der Waals surface area contributed by atoms with E-state index in [1.165, 1.54) is 14.0 Å². The topological polar surface area (TPSA) is 79.0 Å². The Morgan fingerprint density at radius 3 is 2.39 bits per heavy atom. The fourth-order valence-corrected chi connectivity index (χ4v) is 2.40. The highest BCUT2D eigenvalue weighted by Crippen LogP contribution is 2.12. The van der Waals surface area contributed by atoms with Gasteiger partial charge in [0, 0.05) is 38.7 Å². The molecular weight excluding hydrogens is 298 g/mol. The van der Waals surface area contributed by atoms with E-state index in [4.69, 9.17) is 4.74 Å². The summed E-state index contributed by atoms with van der Waals surface area (Å²) in [6.07, 6.45) is 0. The summed E-state index contributed by atoms with van der Waals surface area (Å²) in [4.78, 5) is 38.8. The number of piperazine rings is 1. The Balaban J connectivity index is 1.82. The van der Waals surface area contributed by atoms with Gasteiger partial charge in [0.15, 0.2) is 0 Å². The lowest BCUT2D eigenvalue weighted by molar-refractivity contribution is -0.137. The van der Waals surface area contributed by atoms with Crippen molar-refractivity contribution >= 4 is 17.7 Å². The molecule has 1 aliphatic heterocycles. The van der Waals surface area contributed by atoms with Gasteiger partial charge in [-0.1, -0.05) is 6.07 Å². The molecule has 1 N–H and O–H groups in total. The van der Waals surface area contributed by atoms with Gasteiger partial charge in [0.05, 0.1) is 13.7 Å². The molecule has 1 aromatic carbocycles. The SMILES string of the molecule is COc1cccc(C(=O)NCC(=O)N2CCN(C(C)=O)CC2)c1. The van der Waals surface area contributed by atoms with Gasteiger partial charge >= 0.3 is 0 Å². The second-order valence-electron chi connectivity index (χ2n) is 5.30. The molecule has 23 heavy (non-hydrogen) atoms. The maximum atomic E-state index is 12.1. The van der Waals surface area contributed by atoms with Crippen molar-refractivity contribution in [1.29, 1.82) is 0 Å². The van der Waals surface area contributed by atoms with E-state index in [1.54, 1.807) is 34.1 Å². The molecule has 1 fully saturated rings. The normalized spacial score (nSPS) is 14.3. The summed E-state index contributed by atoms with van der Waals surface area (Å²) in [5.41, 5.74) is 0.443. The summed E-state index contributed by atoms with van der Waals surface area (Å²) < 4.78 is 5.07. The standard InChI is InChI=1S/C16H21N3O4/c1-12(20)18-6-8-19(9-7-18)15(21)11-17-16(22)13-4-3-5-14(10-13)23-2/h3-5,10H,6-9,11H2,1-2H3,(H,17,22). The third-order valence-corrected chi connectivity index (χ3v) is 3.81. The first-order valence-corrected chi connectivity index (χ1v) is 7.47. The maximum Gasteiger partial charge on any atom is 0.251 e. The molecule has 2 rings (SSSR count). The predicted molar refractivity (Wildman–Crippen MR) is 84.2 cm³/mol. The van der Waals surface area contributed by atoms with Crippen molar-refractivity contribution in [3.8, 4) is 5.75 Å². The smallest absolute Gasteiger partial charge is 0.251 e. The van der Waals surface area contributed by atoms with E-state index in [-0.39, 0.29) is 24.3 Å². The van der Waals surface area contributed by atoms with Crippen LogP contribution in [0.4, 0.5) is 0 Å². The molecular formula is C16H21N3O4. The average Bonchev–Trinajstić information content (AvgIpc) is 2.59. The number of amides is 3. The van der Waals surface area contributed by atoms with Crippen LogP contribution in [0.3, 0.4) is 0 Å². The van der Waals surface area contributed by atoms with Gasteiger partial charge in [-0.05, 0) is 18.2 Å². The largest absolute Gasteiger partial charge is 0.497 e. The van der Waals surface area contributed by atoms with Crippen molar-refractivity contribution in [2.24, 2.45) is 0 Å². The van der Waals surface area contributed by atoms with Gasteiger partial charge < -0.3 is 19.9 Å². The van der Waals surface area contributed by atoms with E-state index in [0.29, 0.717) is 37.5 Å². The molecule has 1 aromatic rings. The maximum absolute atomic E-state index is 12.1. The molecule has 7 nitrogen and oxygen atoms in total. The zero-order valence-electron chi connectivity index (χ0n) is 13.4. The number of rotatable bonds is 4.